The third-order valence-electron chi connectivity index (χ3n) is 6.43. The van der Waals surface area contributed by atoms with Gasteiger partial charge in [-0.25, -0.2) is 4.39 Å². The molecule has 0 saturated carbocycles. The largest absolute Gasteiger partial charge is 0.469 e. The first-order valence-corrected chi connectivity index (χ1v) is 12.5. The van der Waals surface area contributed by atoms with Gasteiger partial charge in [-0.05, 0) is 40.6 Å². The molecule has 0 aliphatic carbocycles. The highest BCUT2D eigenvalue weighted by molar-refractivity contribution is 8.04. The zero-order chi connectivity index (χ0) is 27.0. The van der Waals surface area contributed by atoms with Crippen LogP contribution in [0.4, 0.5) is 10.1 Å². The van der Waals surface area contributed by atoms with Crippen molar-refractivity contribution in [2.45, 2.75) is 17.6 Å². The molecule has 2 aliphatic rings. The lowest BCUT2D eigenvalue weighted by Gasteiger charge is -2.32. The van der Waals surface area contributed by atoms with E-state index in [-0.39, 0.29) is 28.4 Å². The molecule has 0 radical (unpaired) electrons. The lowest BCUT2D eigenvalue weighted by atomic mass is 9.82. The molecule has 2 unspecified atom stereocenters. The molecule has 0 aromatic heterocycles. The molecule has 0 spiro atoms. The molecular weight excluding hydrogens is 507 g/mol. The topological polar surface area (TPSA) is 126 Å². The Hall–Kier alpha value is -4.62. The van der Waals surface area contributed by atoms with Crippen LogP contribution >= 0.6 is 11.8 Å². The average Bonchev–Trinajstić information content (AvgIpc) is 3.24. The molecule has 8 nitrogen and oxygen atoms in total. The fraction of sp³-hybridized carbons (Fsp3) is 0.143. The van der Waals surface area contributed by atoms with Crippen LogP contribution in [0.3, 0.4) is 0 Å². The molecule has 2 heterocycles. The summed E-state index contributed by atoms with van der Waals surface area (Å²) in [5, 5.41) is 14.2. The Morgan fingerprint density at radius 1 is 1.13 bits per heavy atom. The van der Waals surface area contributed by atoms with Gasteiger partial charge >= 0.3 is 5.97 Å². The van der Waals surface area contributed by atoms with Gasteiger partial charge in [-0.2, -0.15) is 5.26 Å². The van der Waals surface area contributed by atoms with E-state index in [1.807, 2.05) is 42.5 Å². The summed E-state index contributed by atoms with van der Waals surface area (Å²) in [4.78, 5) is 40.3. The predicted octanol–water partition coefficient (Wildman–Crippen LogP) is 4.13. The molecule has 2 aliphatic heterocycles. The van der Waals surface area contributed by atoms with E-state index in [0.29, 0.717) is 11.3 Å². The maximum atomic E-state index is 13.9. The predicted molar refractivity (Wildman–Crippen MR) is 140 cm³/mol. The minimum atomic E-state index is -0.968. The molecule has 38 heavy (non-hydrogen) atoms. The molecule has 1 saturated heterocycles. The maximum Gasteiger partial charge on any atom is 0.307 e. The van der Waals surface area contributed by atoms with Gasteiger partial charge in [-0.3, -0.25) is 19.3 Å². The number of esters is 1. The molecule has 2 atom stereocenters. The van der Waals surface area contributed by atoms with Crippen LogP contribution in [0.1, 0.15) is 17.9 Å². The third-order valence-corrected chi connectivity index (χ3v) is 7.71. The second-order valence-corrected chi connectivity index (χ2v) is 9.88. The molecule has 190 valence electrons. The van der Waals surface area contributed by atoms with E-state index in [2.05, 4.69) is 5.32 Å². The molecule has 3 N–H and O–H groups in total. The lowest BCUT2D eigenvalue weighted by molar-refractivity contribution is -0.142. The van der Waals surface area contributed by atoms with Crippen molar-refractivity contribution >= 4 is 46.0 Å². The van der Waals surface area contributed by atoms with Gasteiger partial charge in [0.05, 0.1) is 41.7 Å². The summed E-state index contributed by atoms with van der Waals surface area (Å²) in [7, 11) is 1.22. The number of ether oxygens (including phenoxy) is 1. The number of halogens is 1. The Kier molecular flexibility index (Phi) is 6.61. The van der Waals surface area contributed by atoms with Crippen molar-refractivity contribution < 1.29 is 23.5 Å². The number of allylic oxidation sites excluding steroid dienone is 1. The molecule has 2 amide bonds. The number of hydrogen-bond acceptors (Lipinski definition) is 7. The van der Waals surface area contributed by atoms with Gasteiger partial charge in [0.2, 0.25) is 5.91 Å². The number of carbonyl (C=O) groups is 3. The number of benzene rings is 3. The minimum absolute atomic E-state index is 0.0308. The van der Waals surface area contributed by atoms with Crippen molar-refractivity contribution in [2.24, 2.45) is 5.73 Å². The molecule has 3 aromatic carbocycles. The molecule has 0 bridgehead atoms. The Bertz CT molecular complexity index is 1590. The number of thioether (sulfide) groups is 1. The highest BCUT2D eigenvalue weighted by atomic mass is 32.2. The lowest BCUT2D eigenvalue weighted by Crippen LogP contribution is -2.39. The van der Waals surface area contributed by atoms with Crippen molar-refractivity contribution in [1.29, 1.82) is 5.26 Å². The van der Waals surface area contributed by atoms with Crippen LogP contribution in [0.15, 0.2) is 88.7 Å². The Balaban J connectivity index is 1.63. The van der Waals surface area contributed by atoms with E-state index >= 15 is 0 Å². The fourth-order valence-electron chi connectivity index (χ4n) is 4.60. The van der Waals surface area contributed by atoms with E-state index in [1.165, 1.54) is 31.4 Å². The normalized spacial score (nSPS) is 18.9. The Morgan fingerprint density at radius 3 is 2.53 bits per heavy atom. The first kappa shape index (κ1) is 25.0. The molecule has 1 fully saturated rings. The number of nitriles is 1. The quantitative estimate of drug-likeness (QED) is 0.477. The van der Waals surface area contributed by atoms with E-state index in [1.54, 1.807) is 6.07 Å². The van der Waals surface area contributed by atoms with Crippen LogP contribution in [0.5, 0.6) is 0 Å². The van der Waals surface area contributed by atoms with Crippen molar-refractivity contribution in [1.82, 2.24) is 4.90 Å². The van der Waals surface area contributed by atoms with Gasteiger partial charge in [0.25, 0.3) is 5.91 Å². The standard InChI is InChI=1S/C28H21FN4O4S/c1-37-22(34)13-21-27(36)33-25(31)20(14-30)23(16-6-9-18(29)10-7-16)24(28(33)38-21)26(35)32-19-11-8-15-4-2-3-5-17(15)12-19/h2-12,21,23H,13,31H2,1H3,(H,32,35). The number of fused-ring (bicyclic) bond motifs is 2. The van der Waals surface area contributed by atoms with Crippen molar-refractivity contribution in [3.8, 4) is 6.07 Å². The van der Waals surface area contributed by atoms with Gasteiger partial charge in [0, 0.05) is 5.69 Å². The summed E-state index contributed by atoms with van der Waals surface area (Å²) in [6.45, 7) is 0. The van der Waals surface area contributed by atoms with Crippen molar-refractivity contribution in [2.75, 3.05) is 12.4 Å². The number of rotatable bonds is 5. The van der Waals surface area contributed by atoms with E-state index in [9.17, 15) is 24.0 Å². The summed E-state index contributed by atoms with van der Waals surface area (Å²) in [6, 6.07) is 20.5. The zero-order valence-corrected chi connectivity index (χ0v) is 20.9. The number of nitrogens with two attached hydrogens (primary N) is 1. The van der Waals surface area contributed by atoms with Gasteiger partial charge in [-0.15, -0.1) is 0 Å². The number of nitrogens with zero attached hydrogens (tertiary/aromatic N) is 2. The summed E-state index contributed by atoms with van der Waals surface area (Å²) in [5.74, 6) is -3.28. The first-order chi connectivity index (χ1) is 18.3. The third kappa shape index (κ3) is 4.37. The Labute approximate surface area is 221 Å². The van der Waals surface area contributed by atoms with Gasteiger partial charge in [0.15, 0.2) is 0 Å². The van der Waals surface area contributed by atoms with E-state index in [4.69, 9.17) is 10.5 Å². The van der Waals surface area contributed by atoms with Crippen molar-refractivity contribution in [3.05, 3.63) is 100 Å². The molecule has 10 heteroatoms. The Morgan fingerprint density at radius 2 is 1.84 bits per heavy atom. The zero-order valence-electron chi connectivity index (χ0n) is 20.1. The van der Waals surface area contributed by atoms with Gasteiger partial charge < -0.3 is 15.8 Å². The van der Waals surface area contributed by atoms with Crippen LogP contribution in [-0.4, -0.2) is 35.0 Å². The van der Waals surface area contributed by atoms with Gasteiger partial charge in [0.1, 0.15) is 16.9 Å². The summed E-state index contributed by atoms with van der Waals surface area (Å²) < 4.78 is 18.5. The maximum absolute atomic E-state index is 13.9. The van der Waals surface area contributed by atoms with E-state index in [0.717, 1.165) is 27.4 Å². The van der Waals surface area contributed by atoms with Crippen LogP contribution in [0, 0.1) is 17.1 Å². The van der Waals surface area contributed by atoms with Crippen molar-refractivity contribution in [3.63, 3.8) is 0 Å². The number of carbonyl (C=O) groups excluding carboxylic acids is 3. The average molecular weight is 529 g/mol. The highest BCUT2D eigenvalue weighted by Crippen LogP contribution is 2.50. The highest BCUT2D eigenvalue weighted by Gasteiger charge is 2.48. The molecule has 3 aromatic rings. The van der Waals surface area contributed by atoms with E-state index < -0.39 is 34.8 Å². The first-order valence-electron chi connectivity index (χ1n) is 11.6. The van der Waals surface area contributed by atoms with Crippen LogP contribution in [0.2, 0.25) is 0 Å². The van der Waals surface area contributed by atoms with Crippen LogP contribution in [-0.2, 0) is 19.1 Å². The molecular formula is C28H21FN4O4S. The summed E-state index contributed by atoms with van der Waals surface area (Å²) in [6.07, 6.45) is -0.240. The SMILES string of the molecule is COC(=O)CC1SC2=C(C(=O)Nc3ccc4ccccc4c3)C(c3ccc(F)cc3)C(C#N)=C(N)N2C1=O. The number of nitrogens with one attached hydrogen (secondary N) is 1. The fourth-order valence-corrected chi connectivity index (χ4v) is 5.92. The number of hydrogen-bond donors (Lipinski definition) is 2. The summed E-state index contributed by atoms with van der Waals surface area (Å²) >= 11 is 1.01. The second-order valence-electron chi connectivity index (χ2n) is 8.69. The summed E-state index contributed by atoms with van der Waals surface area (Å²) in [5.41, 5.74) is 7.34. The smallest absolute Gasteiger partial charge is 0.307 e. The monoisotopic (exact) mass is 528 g/mol. The number of anilines is 1. The minimum Gasteiger partial charge on any atom is -0.469 e. The van der Waals surface area contributed by atoms with Crippen LogP contribution in [0.25, 0.3) is 10.8 Å². The van der Waals surface area contributed by atoms with Crippen LogP contribution < -0.4 is 11.1 Å². The second kappa shape index (κ2) is 10.0. The molecule has 5 rings (SSSR count). The van der Waals surface area contributed by atoms with Gasteiger partial charge in [-0.1, -0.05) is 54.2 Å². The number of amides is 2. The number of methoxy groups -OCH3 is 1.